The lowest BCUT2D eigenvalue weighted by atomic mass is 9.96. The molecule has 1 aromatic heterocycles. The van der Waals surface area contributed by atoms with Crippen molar-refractivity contribution in [3.05, 3.63) is 58.6 Å². The van der Waals surface area contributed by atoms with Crippen molar-refractivity contribution in [3.8, 4) is 22.4 Å². The van der Waals surface area contributed by atoms with E-state index in [1.807, 2.05) is 31.2 Å². The van der Waals surface area contributed by atoms with Crippen molar-refractivity contribution < 1.29 is 0 Å². The molecule has 1 heterocycles. The molecular weight excluding hydrogens is 282 g/mol. The van der Waals surface area contributed by atoms with Gasteiger partial charge < -0.3 is 5.73 Å². The lowest BCUT2D eigenvalue weighted by Crippen LogP contribution is -1.91. The average Bonchev–Trinajstić information content (AvgIpc) is 2.80. The molecule has 0 saturated heterocycles. The molecular formula is C17H16ClN3. The maximum atomic E-state index is 6.17. The maximum absolute atomic E-state index is 6.17. The number of H-pyrrole nitrogens is 1. The summed E-state index contributed by atoms with van der Waals surface area (Å²) in [7, 11) is 0. The van der Waals surface area contributed by atoms with Crippen LogP contribution in [0.3, 0.4) is 0 Å². The number of aromatic amines is 1. The lowest BCUT2D eigenvalue weighted by molar-refractivity contribution is 1.10. The molecule has 0 radical (unpaired) electrons. The minimum atomic E-state index is 0.497. The molecule has 106 valence electrons. The van der Waals surface area contributed by atoms with Gasteiger partial charge in [0, 0.05) is 10.6 Å². The van der Waals surface area contributed by atoms with Gasteiger partial charge in [-0.25, -0.2) is 0 Å². The van der Waals surface area contributed by atoms with Gasteiger partial charge in [0.1, 0.15) is 0 Å². The Hall–Kier alpha value is -2.26. The topological polar surface area (TPSA) is 54.7 Å². The molecule has 0 bridgehead atoms. The van der Waals surface area contributed by atoms with Gasteiger partial charge in [-0.3, -0.25) is 5.10 Å². The van der Waals surface area contributed by atoms with Crippen LogP contribution in [0, 0.1) is 13.8 Å². The number of nitrogens with zero attached hydrogens (tertiary/aromatic N) is 1. The molecule has 0 saturated carbocycles. The first-order chi connectivity index (χ1) is 10.1. The SMILES string of the molecule is Cc1cc(Cl)cc(-c2[nH]nc(N)c2-c2ccccc2C)c1. The van der Waals surface area contributed by atoms with Crippen LogP contribution in [0.15, 0.2) is 42.5 Å². The Balaban J connectivity index is 2.24. The molecule has 0 atom stereocenters. The molecule has 4 heteroatoms. The second-order valence-electron chi connectivity index (χ2n) is 5.19. The zero-order valence-electron chi connectivity index (χ0n) is 11.9. The van der Waals surface area contributed by atoms with E-state index in [1.165, 1.54) is 0 Å². The smallest absolute Gasteiger partial charge is 0.153 e. The fourth-order valence-electron chi connectivity index (χ4n) is 2.57. The molecule has 0 fully saturated rings. The first-order valence-electron chi connectivity index (χ1n) is 6.73. The largest absolute Gasteiger partial charge is 0.382 e. The van der Waals surface area contributed by atoms with Crippen LogP contribution in [-0.2, 0) is 0 Å². The number of benzene rings is 2. The Kier molecular flexibility index (Phi) is 3.43. The number of aryl methyl sites for hydroxylation is 2. The second kappa shape index (κ2) is 5.26. The van der Waals surface area contributed by atoms with Gasteiger partial charge >= 0.3 is 0 Å². The number of nitrogen functional groups attached to an aromatic ring is 1. The summed E-state index contributed by atoms with van der Waals surface area (Å²) in [6.45, 7) is 4.08. The van der Waals surface area contributed by atoms with Crippen LogP contribution in [-0.4, -0.2) is 10.2 Å². The van der Waals surface area contributed by atoms with Crippen LogP contribution < -0.4 is 5.73 Å². The number of hydrogen-bond acceptors (Lipinski definition) is 2. The van der Waals surface area contributed by atoms with E-state index in [0.29, 0.717) is 10.8 Å². The van der Waals surface area contributed by atoms with E-state index < -0.39 is 0 Å². The van der Waals surface area contributed by atoms with Crippen molar-refractivity contribution >= 4 is 17.4 Å². The van der Waals surface area contributed by atoms with Crippen LogP contribution in [0.1, 0.15) is 11.1 Å². The molecule has 0 aliphatic carbocycles. The highest BCUT2D eigenvalue weighted by molar-refractivity contribution is 6.31. The Bertz CT molecular complexity index is 785. The van der Waals surface area contributed by atoms with Gasteiger partial charge in [-0.1, -0.05) is 35.9 Å². The molecule has 0 amide bonds. The molecule has 21 heavy (non-hydrogen) atoms. The summed E-state index contributed by atoms with van der Waals surface area (Å²) in [6, 6.07) is 14.1. The van der Waals surface area contributed by atoms with E-state index in [-0.39, 0.29) is 0 Å². The molecule has 3 N–H and O–H groups in total. The predicted molar refractivity (Wildman–Crippen MR) is 88.4 cm³/mol. The summed E-state index contributed by atoms with van der Waals surface area (Å²) < 4.78 is 0. The first kappa shape index (κ1) is 13.7. The van der Waals surface area contributed by atoms with Crippen molar-refractivity contribution in [3.63, 3.8) is 0 Å². The maximum Gasteiger partial charge on any atom is 0.153 e. The predicted octanol–water partition coefficient (Wildman–Crippen LogP) is 4.60. The van der Waals surface area contributed by atoms with Crippen molar-refractivity contribution in [1.82, 2.24) is 10.2 Å². The first-order valence-corrected chi connectivity index (χ1v) is 7.11. The van der Waals surface area contributed by atoms with Crippen LogP contribution in [0.4, 0.5) is 5.82 Å². The highest BCUT2D eigenvalue weighted by Crippen LogP contribution is 2.37. The highest BCUT2D eigenvalue weighted by atomic mass is 35.5. The van der Waals surface area contributed by atoms with Gasteiger partial charge in [-0.15, -0.1) is 0 Å². The standard InChI is InChI=1S/C17H16ClN3/c1-10-7-12(9-13(18)8-10)16-15(17(19)21-20-16)14-6-4-3-5-11(14)2/h3-9H,1-2H3,(H3,19,20,21). The Morgan fingerprint density at radius 2 is 1.86 bits per heavy atom. The zero-order chi connectivity index (χ0) is 15.0. The summed E-state index contributed by atoms with van der Waals surface area (Å²) >= 11 is 6.17. The van der Waals surface area contributed by atoms with Gasteiger partial charge in [-0.05, 0) is 48.7 Å². The molecule has 2 aromatic carbocycles. The molecule has 0 aliphatic rings. The van der Waals surface area contributed by atoms with Gasteiger partial charge in [-0.2, -0.15) is 5.10 Å². The normalized spacial score (nSPS) is 10.8. The van der Waals surface area contributed by atoms with Crippen molar-refractivity contribution in [1.29, 1.82) is 0 Å². The summed E-state index contributed by atoms with van der Waals surface area (Å²) in [5.41, 5.74) is 12.2. The van der Waals surface area contributed by atoms with Crippen LogP contribution in [0.2, 0.25) is 5.02 Å². The summed E-state index contributed by atoms with van der Waals surface area (Å²) in [6.07, 6.45) is 0. The molecule has 0 spiro atoms. The molecule has 0 unspecified atom stereocenters. The van der Waals surface area contributed by atoms with Gasteiger partial charge in [0.15, 0.2) is 5.82 Å². The zero-order valence-corrected chi connectivity index (χ0v) is 12.7. The van der Waals surface area contributed by atoms with Crippen LogP contribution in [0.5, 0.6) is 0 Å². The average molecular weight is 298 g/mol. The number of nitrogens with one attached hydrogen (secondary N) is 1. The molecule has 0 aliphatic heterocycles. The third-order valence-electron chi connectivity index (χ3n) is 3.54. The second-order valence-corrected chi connectivity index (χ2v) is 5.63. The van der Waals surface area contributed by atoms with Crippen LogP contribution in [0.25, 0.3) is 22.4 Å². The minimum Gasteiger partial charge on any atom is -0.382 e. The molecule has 3 aromatic rings. The summed E-state index contributed by atoms with van der Waals surface area (Å²) in [5.74, 6) is 0.497. The number of rotatable bonds is 2. The van der Waals surface area contributed by atoms with Gasteiger partial charge in [0.2, 0.25) is 0 Å². The number of nitrogens with two attached hydrogens (primary N) is 1. The fraction of sp³-hybridized carbons (Fsp3) is 0.118. The third kappa shape index (κ3) is 2.52. The molecule has 3 rings (SSSR count). The van der Waals surface area contributed by atoms with E-state index in [9.17, 15) is 0 Å². The van der Waals surface area contributed by atoms with E-state index in [1.54, 1.807) is 0 Å². The van der Waals surface area contributed by atoms with Crippen molar-refractivity contribution in [2.45, 2.75) is 13.8 Å². The fourth-order valence-corrected chi connectivity index (χ4v) is 2.86. The third-order valence-corrected chi connectivity index (χ3v) is 3.76. The lowest BCUT2D eigenvalue weighted by Gasteiger charge is -2.09. The Morgan fingerprint density at radius 1 is 1.10 bits per heavy atom. The van der Waals surface area contributed by atoms with Crippen molar-refractivity contribution in [2.24, 2.45) is 0 Å². The number of aromatic nitrogens is 2. The van der Waals surface area contributed by atoms with E-state index >= 15 is 0 Å². The van der Waals surface area contributed by atoms with Gasteiger partial charge in [0.25, 0.3) is 0 Å². The quantitative estimate of drug-likeness (QED) is 0.726. The number of halogens is 1. The number of anilines is 1. The summed E-state index contributed by atoms with van der Waals surface area (Å²) in [5, 5.41) is 7.92. The Labute approximate surface area is 128 Å². The van der Waals surface area contributed by atoms with E-state index in [2.05, 4.69) is 35.3 Å². The monoisotopic (exact) mass is 297 g/mol. The number of hydrogen-bond donors (Lipinski definition) is 2. The van der Waals surface area contributed by atoms with Crippen molar-refractivity contribution in [2.75, 3.05) is 5.73 Å². The van der Waals surface area contributed by atoms with E-state index in [0.717, 1.165) is 33.5 Å². The van der Waals surface area contributed by atoms with E-state index in [4.69, 9.17) is 17.3 Å². The highest BCUT2D eigenvalue weighted by Gasteiger charge is 2.16. The van der Waals surface area contributed by atoms with Crippen LogP contribution >= 0.6 is 11.6 Å². The molecule has 3 nitrogen and oxygen atoms in total. The van der Waals surface area contributed by atoms with Gasteiger partial charge in [0.05, 0.1) is 11.3 Å². The summed E-state index contributed by atoms with van der Waals surface area (Å²) in [4.78, 5) is 0. The minimum absolute atomic E-state index is 0.497. The Morgan fingerprint density at radius 3 is 2.57 bits per heavy atom.